The summed E-state index contributed by atoms with van der Waals surface area (Å²) in [4.78, 5) is 4.57. The minimum absolute atomic E-state index is 0.0603. The lowest BCUT2D eigenvalue weighted by molar-refractivity contribution is 0.278. The Balaban J connectivity index is 1.81. The van der Waals surface area contributed by atoms with Crippen molar-refractivity contribution in [3.05, 3.63) is 89.2 Å². The lowest BCUT2D eigenvalue weighted by Gasteiger charge is -2.30. The average Bonchev–Trinajstić information content (AvgIpc) is 2.82. The molecule has 0 saturated heterocycles. The predicted molar refractivity (Wildman–Crippen MR) is 118 cm³/mol. The van der Waals surface area contributed by atoms with Crippen LogP contribution in [0.1, 0.15) is 29.0 Å². The fourth-order valence-corrected chi connectivity index (χ4v) is 4.34. The second-order valence-electron chi connectivity index (χ2n) is 7.56. The van der Waals surface area contributed by atoms with Gasteiger partial charge < -0.3 is 19.1 Å². The van der Waals surface area contributed by atoms with Gasteiger partial charge in [0.1, 0.15) is 23.3 Å². The van der Waals surface area contributed by atoms with Crippen molar-refractivity contribution in [3.63, 3.8) is 0 Å². The van der Waals surface area contributed by atoms with Crippen LogP contribution in [-0.4, -0.2) is 28.4 Å². The normalized spacial score (nSPS) is 14.6. The minimum atomic E-state index is -0.263. The van der Waals surface area contributed by atoms with Crippen molar-refractivity contribution in [2.75, 3.05) is 13.7 Å². The summed E-state index contributed by atoms with van der Waals surface area (Å²) >= 11 is 0. The molecule has 1 atom stereocenters. The molecule has 1 aliphatic heterocycles. The molecule has 5 rings (SSSR count). The fraction of sp³-hybridized carbons (Fsp3) is 0.200. The first-order valence-corrected chi connectivity index (χ1v) is 10.3. The Morgan fingerprint density at radius 3 is 2.71 bits per heavy atom. The van der Waals surface area contributed by atoms with Crippen molar-refractivity contribution in [3.8, 4) is 17.4 Å². The number of fused-ring (bicyclic) bond motifs is 4. The Hall–Kier alpha value is -3.64. The van der Waals surface area contributed by atoms with Crippen molar-refractivity contribution in [1.29, 1.82) is 5.41 Å². The maximum Gasteiger partial charge on any atom is 0.228 e. The summed E-state index contributed by atoms with van der Waals surface area (Å²) in [5, 5.41) is 20.3. The van der Waals surface area contributed by atoms with Crippen LogP contribution in [0.25, 0.3) is 10.8 Å². The lowest BCUT2D eigenvalue weighted by Crippen LogP contribution is -2.30. The van der Waals surface area contributed by atoms with Crippen LogP contribution >= 0.6 is 0 Å². The van der Waals surface area contributed by atoms with E-state index in [0.717, 1.165) is 33.4 Å². The maximum absolute atomic E-state index is 9.25. The maximum atomic E-state index is 9.25. The highest BCUT2D eigenvalue weighted by Gasteiger charge is 2.34. The van der Waals surface area contributed by atoms with Gasteiger partial charge >= 0.3 is 0 Å². The molecule has 0 amide bonds. The number of aliphatic hydroxyl groups excluding tert-OH is 1. The highest BCUT2D eigenvalue weighted by atomic mass is 16.5. The van der Waals surface area contributed by atoms with Gasteiger partial charge in [0.15, 0.2) is 0 Å². The number of nitrogens with one attached hydrogen (secondary N) is 1. The number of methoxy groups -OCH3 is 1. The van der Waals surface area contributed by atoms with Gasteiger partial charge in [-0.25, -0.2) is 4.98 Å². The van der Waals surface area contributed by atoms with E-state index in [9.17, 15) is 5.11 Å². The zero-order chi connectivity index (χ0) is 21.4. The molecule has 0 fully saturated rings. The highest BCUT2D eigenvalue weighted by molar-refractivity contribution is 5.91. The molecule has 6 nitrogen and oxygen atoms in total. The first-order chi connectivity index (χ1) is 15.2. The van der Waals surface area contributed by atoms with Crippen LogP contribution in [0.5, 0.6) is 17.4 Å². The van der Waals surface area contributed by atoms with Gasteiger partial charge in [-0.2, -0.15) is 0 Å². The SMILES string of the molecule is COc1ccccc1[C@@H]1c2ccc3ccccc3c2Oc2ncn(CCCO)c(=N)c21. The standard InChI is InChI=1S/C25H23N3O3/c1-30-20-10-5-4-9-18(20)21-19-12-11-16-7-2-3-8-17(16)23(19)31-25-22(21)24(26)28(15-27-25)13-6-14-29/h2-5,7-12,15,21,26,29H,6,13-14H2,1H3/t21-/m1/s1. The van der Waals surface area contributed by atoms with Crippen molar-refractivity contribution in [2.45, 2.75) is 18.9 Å². The molecule has 0 radical (unpaired) electrons. The monoisotopic (exact) mass is 413 g/mol. The number of para-hydroxylation sites is 1. The van der Waals surface area contributed by atoms with E-state index in [1.165, 1.54) is 0 Å². The number of benzene rings is 3. The second-order valence-corrected chi connectivity index (χ2v) is 7.56. The van der Waals surface area contributed by atoms with Gasteiger partial charge in [-0.15, -0.1) is 0 Å². The summed E-state index contributed by atoms with van der Waals surface area (Å²) in [6.07, 6.45) is 2.17. The summed E-state index contributed by atoms with van der Waals surface area (Å²) in [6.45, 7) is 0.573. The summed E-state index contributed by atoms with van der Waals surface area (Å²) in [5.41, 5.74) is 2.97. The summed E-state index contributed by atoms with van der Waals surface area (Å²) in [5.74, 6) is 1.69. The molecule has 31 heavy (non-hydrogen) atoms. The Bertz CT molecular complexity index is 1330. The van der Waals surface area contributed by atoms with E-state index in [4.69, 9.17) is 14.9 Å². The molecular formula is C25H23N3O3. The molecule has 2 N–H and O–H groups in total. The highest BCUT2D eigenvalue weighted by Crippen LogP contribution is 2.49. The van der Waals surface area contributed by atoms with Crippen LogP contribution in [0.3, 0.4) is 0 Å². The Labute approximate surface area is 179 Å². The molecule has 2 heterocycles. The quantitative estimate of drug-likeness (QED) is 0.453. The van der Waals surface area contributed by atoms with E-state index in [1.54, 1.807) is 18.0 Å². The van der Waals surface area contributed by atoms with Gasteiger partial charge in [0.2, 0.25) is 5.88 Å². The third kappa shape index (κ3) is 3.16. The number of hydrogen-bond donors (Lipinski definition) is 2. The van der Waals surface area contributed by atoms with Crippen LogP contribution in [0, 0.1) is 5.41 Å². The largest absolute Gasteiger partial charge is 0.496 e. The van der Waals surface area contributed by atoms with Gasteiger partial charge in [0.25, 0.3) is 0 Å². The molecule has 0 bridgehead atoms. The van der Waals surface area contributed by atoms with E-state index in [2.05, 4.69) is 23.2 Å². The Morgan fingerprint density at radius 1 is 1.06 bits per heavy atom. The zero-order valence-corrected chi connectivity index (χ0v) is 17.2. The Kier molecular flexibility index (Phi) is 4.92. The minimum Gasteiger partial charge on any atom is -0.496 e. The molecule has 1 aromatic heterocycles. The van der Waals surface area contributed by atoms with Crippen LogP contribution in [0.4, 0.5) is 0 Å². The van der Waals surface area contributed by atoms with Crippen molar-refractivity contribution < 1.29 is 14.6 Å². The van der Waals surface area contributed by atoms with Gasteiger partial charge in [-0.1, -0.05) is 54.6 Å². The number of hydrogen-bond acceptors (Lipinski definition) is 5. The molecule has 1 aliphatic rings. The summed E-state index contributed by atoms with van der Waals surface area (Å²) in [6, 6.07) is 20.2. The molecule has 6 heteroatoms. The van der Waals surface area contributed by atoms with Gasteiger partial charge in [0.05, 0.1) is 18.6 Å². The van der Waals surface area contributed by atoms with Gasteiger partial charge in [-0.05, 0) is 17.9 Å². The number of rotatable bonds is 5. The summed E-state index contributed by atoms with van der Waals surface area (Å²) in [7, 11) is 1.66. The third-order valence-electron chi connectivity index (χ3n) is 5.80. The molecule has 0 unspecified atom stereocenters. The van der Waals surface area contributed by atoms with Gasteiger partial charge in [0, 0.05) is 29.7 Å². The zero-order valence-electron chi connectivity index (χ0n) is 17.2. The van der Waals surface area contributed by atoms with Crippen molar-refractivity contribution in [1.82, 2.24) is 9.55 Å². The second kappa shape index (κ2) is 7.89. The van der Waals surface area contributed by atoms with E-state index < -0.39 is 0 Å². The number of nitrogens with zero attached hydrogens (tertiary/aromatic N) is 2. The molecule has 0 spiro atoms. The third-order valence-corrected chi connectivity index (χ3v) is 5.80. The average molecular weight is 413 g/mol. The summed E-state index contributed by atoms with van der Waals surface area (Å²) < 4.78 is 13.8. The van der Waals surface area contributed by atoms with Crippen LogP contribution in [0.2, 0.25) is 0 Å². The van der Waals surface area contributed by atoms with E-state index in [1.807, 2.05) is 42.5 Å². The predicted octanol–water partition coefficient (Wildman–Crippen LogP) is 4.19. The first-order valence-electron chi connectivity index (χ1n) is 10.3. The fourth-order valence-electron chi connectivity index (χ4n) is 4.34. The molecule has 0 aliphatic carbocycles. The van der Waals surface area contributed by atoms with Crippen LogP contribution in [-0.2, 0) is 6.54 Å². The lowest BCUT2D eigenvalue weighted by atomic mass is 9.82. The van der Waals surface area contributed by atoms with E-state index in [-0.39, 0.29) is 12.5 Å². The van der Waals surface area contributed by atoms with E-state index in [0.29, 0.717) is 29.9 Å². The van der Waals surface area contributed by atoms with Crippen LogP contribution < -0.4 is 15.0 Å². The molecule has 0 saturated carbocycles. The van der Waals surface area contributed by atoms with Crippen molar-refractivity contribution in [2.24, 2.45) is 0 Å². The van der Waals surface area contributed by atoms with E-state index >= 15 is 0 Å². The topological polar surface area (TPSA) is 80.4 Å². The van der Waals surface area contributed by atoms with Crippen molar-refractivity contribution >= 4 is 10.8 Å². The van der Waals surface area contributed by atoms with Gasteiger partial charge in [-0.3, -0.25) is 5.41 Å². The number of aryl methyl sites for hydroxylation is 1. The number of aromatic nitrogens is 2. The molecular weight excluding hydrogens is 390 g/mol. The Morgan fingerprint density at radius 2 is 1.87 bits per heavy atom. The molecule has 3 aromatic carbocycles. The number of aliphatic hydroxyl groups is 1. The smallest absolute Gasteiger partial charge is 0.228 e. The molecule has 4 aromatic rings. The van der Waals surface area contributed by atoms with Crippen LogP contribution in [0.15, 0.2) is 67.0 Å². The number of ether oxygens (including phenoxy) is 2. The molecule has 156 valence electrons. The first kappa shape index (κ1) is 19.3.